The smallest absolute Gasteiger partial charge is 0.312 e. The zero-order valence-electron chi connectivity index (χ0n) is 18.3. The summed E-state index contributed by atoms with van der Waals surface area (Å²) in [6, 6.07) is -0.719. The lowest BCUT2D eigenvalue weighted by Gasteiger charge is -2.40. The molecule has 0 radical (unpaired) electrons. The number of carbonyl (C=O) groups excluding carboxylic acids is 3. The van der Waals surface area contributed by atoms with Crippen LogP contribution in [0.15, 0.2) is 12.7 Å². The number of aliphatic hydroxyl groups is 1. The van der Waals surface area contributed by atoms with Crippen molar-refractivity contribution in [2.75, 3.05) is 26.3 Å². The van der Waals surface area contributed by atoms with E-state index >= 15 is 0 Å². The highest BCUT2D eigenvalue weighted by Gasteiger charge is 2.75. The van der Waals surface area contributed by atoms with Gasteiger partial charge in [0.1, 0.15) is 11.6 Å². The van der Waals surface area contributed by atoms with Gasteiger partial charge in [-0.3, -0.25) is 14.4 Å². The Bertz CT molecular complexity index is 736. The van der Waals surface area contributed by atoms with Crippen molar-refractivity contribution in [3.63, 3.8) is 0 Å². The number of rotatable bonds is 8. The van der Waals surface area contributed by atoms with Gasteiger partial charge in [-0.25, -0.2) is 0 Å². The van der Waals surface area contributed by atoms with Gasteiger partial charge in [-0.2, -0.15) is 0 Å². The first kappa shape index (κ1) is 22.3. The third-order valence-electron chi connectivity index (χ3n) is 7.56. The van der Waals surface area contributed by atoms with Gasteiger partial charge in [0, 0.05) is 19.1 Å². The first-order valence-corrected chi connectivity index (χ1v) is 11.7. The van der Waals surface area contributed by atoms with E-state index in [1.807, 2.05) is 4.90 Å². The lowest BCUT2D eigenvalue weighted by atomic mass is 9.70. The van der Waals surface area contributed by atoms with Gasteiger partial charge in [-0.15, -0.1) is 6.58 Å². The van der Waals surface area contributed by atoms with Crippen LogP contribution in [-0.2, 0) is 23.9 Å². The standard InChI is InChI=1S/C23H34N2O6/c1-3-12-24(15-8-6-5-7-9-15)21(28)19-23-11-10-16(31-23)17(22(29)30-4-2)18(23)20(27)25(19)13-14-26/h3,15-19,26H,1,4-14H2,2H3/t16-,17+,18+,19-,23+/m0/s1. The van der Waals surface area contributed by atoms with E-state index in [1.165, 1.54) is 11.3 Å². The van der Waals surface area contributed by atoms with Crippen LogP contribution in [0.25, 0.3) is 0 Å². The fourth-order valence-electron chi connectivity index (χ4n) is 6.39. The van der Waals surface area contributed by atoms with E-state index in [0.29, 0.717) is 19.4 Å². The molecule has 3 aliphatic heterocycles. The average molecular weight is 435 g/mol. The molecule has 172 valence electrons. The molecule has 2 amide bonds. The summed E-state index contributed by atoms with van der Waals surface area (Å²) in [6.07, 6.45) is 7.69. The van der Waals surface area contributed by atoms with Crippen LogP contribution in [0.4, 0.5) is 0 Å². The molecule has 5 atom stereocenters. The summed E-state index contributed by atoms with van der Waals surface area (Å²) in [5, 5.41) is 9.66. The van der Waals surface area contributed by atoms with Crippen molar-refractivity contribution in [2.45, 2.75) is 75.7 Å². The number of β-amino-alcohol motifs (C(OH)–C–C–N with tert-alkyl or cyclic N) is 1. The molecule has 1 saturated carbocycles. The first-order valence-electron chi connectivity index (χ1n) is 11.7. The molecule has 1 N–H and O–H groups in total. The normalized spacial score (nSPS) is 34.6. The molecule has 3 heterocycles. The molecule has 0 aromatic rings. The second-order valence-electron chi connectivity index (χ2n) is 9.13. The summed E-state index contributed by atoms with van der Waals surface area (Å²) in [4.78, 5) is 43.5. The van der Waals surface area contributed by atoms with Crippen molar-refractivity contribution < 1.29 is 29.0 Å². The van der Waals surface area contributed by atoms with E-state index in [0.717, 1.165) is 25.7 Å². The van der Waals surface area contributed by atoms with Crippen molar-refractivity contribution >= 4 is 17.8 Å². The third kappa shape index (κ3) is 3.48. The zero-order chi connectivity index (χ0) is 22.2. The van der Waals surface area contributed by atoms with Crippen molar-refractivity contribution in [3.8, 4) is 0 Å². The van der Waals surface area contributed by atoms with Gasteiger partial charge >= 0.3 is 5.97 Å². The molecule has 0 unspecified atom stereocenters. The largest absolute Gasteiger partial charge is 0.466 e. The molecule has 31 heavy (non-hydrogen) atoms. The number of nitrogens with zero attached hydrogens (tertiary/aromatic N) is 2. The zero-order valence-corrected chi connectivity index (χ0v) is 18.3. The number of hydrogen-bond acceptors (Lipinski definition) is 6. The minimum absolute atomic E-state index is 0.0453. The minimum Gasteiger partial charge on any atom is -0.466 e. The predicted octanol–water partition coefficient (Wildman–Crippen LogP) is 1.26. The van der Waals surface area contributed by atoms with Gasteiger partial charge in [0.25, 0.3) is 0 Å². The van der Waals surface area contributed by atoms with Crippen LogP contribution < -0.4 is 0 Å². The van der Waals surface area contributed by atoms with Crippen molar-refractivity contribution in [3.05, 3.63) is 12.7 Å². The Morgan fingerprint density at radius 2 is 2.06 bits per heavy atom. The first-order chi connectivity index (χ1) is 15.0. The Morgan fingerprint density at radius 3 is 2.71 bits per heavy atom. The lowest BCUT2D eigenvalue weighted by molar-refractivity contribution is -0.155. The van der Waals surface area contributed by atoms with E-state index in [1.54, 1.807) is 13.0 Å². The van der Waals surface area contributed by atoms with Crippen LogP contribution in [0.1, 0.15) is 51.9 Å². The molecular formula is C23H34N2O6. The molecular weight excluding hydrogens is 400 g/mol. The third-order valence-corrected chi connectivity index (χ3v) is 7.56. The van der Waals surface area contributed by atoms with Crippen LogP contribution in [0.3, 0.4) is 0 Å². The van der Waals surface area contributed by atoms with Crippen molar-refractivity contribution in [1.29, 1.82) is 0 Å². The van der Waals surface area contributed by atoms with Gasteiger partial charge in [-0.1, -0.05) is 25.3 Å². The SMILES string of the molecule is C=CCN(C(=O)[C@@H]1N(CCO)C(=O)[C@H]2[C@H](C(=O)OCC)[C@@H]3CC[C@]12O3)C1CCCCC1. The number of ether oxygens (including phenoxy) is 2. The Morgan fingerprint density at radius 1 is 1.32 bits per heavy atom. The molecule has 3 saturated heterocycles. The summed E-state index contributed by atoms with van der Waals surface area (Å²) in [5.74, 6) is -2.29. The quantitative estimate of drug-likeness (QED) is 0.456. The minimum atomic E-state index is -1.03. The molecule has 0 aromatic carbocycles. The molecule has 4 rings (SSSR count). The van der Waals surface area contributed by atoms with Gasteiger partial charge < -0.3 is 24.4 Å². The monoisotopic (exact) mass is 434 g/mol. The summed E-state index contributed by atoms with van der Waals surface area (Å²) in [7, 11) is 0. The fraction of sp³-hybridized carbons (Fsp3) is 0.783. The number of hydrogen-bond donors (Lipinski definition) is 1. The van der Waals surface area contributed by atoms with Gasteiger partial charge in [0.2, 0.25) is 11.8 Å². The highest BCUT2D eigenvalue weighted by Crippen LogP contribution is 2.58. The van der Waals surface area contributed by atoms with Crippen LogP contribution in [0.2, 0.25) is 0 Å². The summed E-state index contributed by atoms with van der Waals surface area (Å²) < 4.78 is 11.6. The molecule has 4 aliphatic rings. The molecule has 8 nitrogen and oxygen atoms in total. The molecule has 0 aromatic heterocycles. The van der Waals surface area contributed by atoms with Gasteiger partial charge in [-0.05, 0) is 32.6 Å². The van der Waals surface area contributed by atoms with E-state index < -0.39 is 35.6 Å². The second kappa shape index (κ2) is 8.90. The Labute approximate surface area is 183 Å². The number of fused-ring (bicyclic) bond motifs is 1. The fourth-order valence-corrected chi connectivity index (χ4v) is 6.39. The van der Waals surface area contributed by atoms with E-state index in [4.69, 9.17) is 9.47 Å². The maximum Gasteiger partial charge on any atom is 0.312 e. The molecule has 8 heteroatoms. The molecule has 2 bridgehead atoms. The number of esters is 1. The van der Waals surface area contributed by atoms with Gasteiger partial charge in [0.15, 0.2) is 0 Å². The number of carbonyl (C=O) groups is 3. The predicted molar refractivity (Wildman–Crippen MR) is 112 cm³/mol. The number of aliphatic hydroxyl groups excluding tert-OH is 1. The molecule has 1 aliphatic carbocycles. The van der Waals surface area contributed by atoms with E-state index in [9.17, 15) is 19.5 Å². The van der Waals surface area contributed by atoms with Crippen LogP contribution in [0, 0.1) is 11.8 Å². The van der Waals surface area contributed by atoms with Crippen molar-refractivity contribution in [2.24, 2.45) is 11.8 Å². The highest BCUT2D eigenvalue weighted by atomic mass is 16.6. The van der Waals surface area contributed by atoms with E-state index in [2.05, 4.69) is 6.58 Å². The summed E-state index contributed by atoms with van der Waals surface area (Å²) in [5.41, 5.74) is -1.03. The summed E-state index contributed by atoms with van der Waals surface area (Å²) >= 11 is 0. The Balaban J connectivity index is 1.69. The van der Waals surface area contributed by atoms with Crippen LogP contribution in [-0.4, -0.2) is 82.8 Å². The number of likely N-dealkylation sites (tertiary alicyclic amines) is 1. The lowest BCUT2D eigenvalue weighted by Crippen LogP contribution is -2.58. The number of amides is 2. The average Bonchev–Trinajstić information content (AvgIpc) is 3.40. The summed E-state index contributed by atoms with van der Waals surface area (Å²) in [6.45, 7) is 6.00. The molecule has 1 spiro atoms. The Kier molecular flexibility index (Phi) is 6.40. The highest BCUT2D eigenvalue weighted by molar-refractivity contribution is 5.98. The van der Waals surface area contributed by atoms with Crippen LogP contribution >= 0.6 is 0 Å². The topological polar surface area (TPSA) is 96.4 Å². The maximum atomic E-state index is 14.0. The van der Waals surface area contributed by atoms with Gasteiger partial charge in [0.05, 0.1) is 31.2 Å². The van der Waals surface area contributed by atoms with Crippen LogP contribution in [0.5, 0.6) is 0 Å². The maximum absolute atomic E-state index is 14.0. The van der Waals surface area contributed by atoms with Crippen molar-refractivity contribution in [1.82, 2.24) is 9.80 Å². The Hall–Kier alpha value is -1.93. The second-order valence-corrected chi connectivity index (χ2v) is 9.13. The van der Waals surface area contributed by atoms with E-state index in [-0.39, 0.29) is 37.6 Å². The molecule has 4 fully saturated rings.